The van der Waals surface area contributed by atoms with Gasteiger partial charge in [0.15, 0.2) is 0 Å². The second kappa shape index (κ2) is 6.78. The van der Waals surface area contributed by atoms with E-state index in [0.717, 1.165) is 61.4 Å². The van der Waals surface area contributed by atoms with Crippen LogP contribution in [-0.4, -0.2) is 49.7 Å². The van der Waals surface area contributed by atoms with Crippen LogP contribution in [0, 0.1) is 0 Å². The molecular formula is C20H25N5. The number of rotatable bonds is 4. The Hall–Kier alpha value is -2.50. The Morgan fingerprint density at radius 2 is 1.52 bits per heavy atom. The van der Waals surface area contributed by atoms with Gasteiger partial charge < -0.3 is 15.5 Å². The van der Waals surface area contributed by atoms with Crippen LogP contribution in [0.3, 0.4) is 0 Å². The van der Waals surface area contributed by atoms with Crippen LogP contribution in [0.1, 0.15) is 0 Å². The number of nitrogens with zero attached hydrogens (tertiary/aromatic N) is 3. The molecule has 0 amide bonds. The average Bonchev–Trinajstić information content (AvgIpc) is 2.65. The number of anilines is 4. The van der Waals surface area contributed by atoms with E-state index in [1.165, 1.54) is 0 Å². The molecular weight excluding hydrogens is 310 g/mol. The summed E-state index contributed by atoms with van der Waals surface area (Å²) in [6, 6.07) is 16.7. The van der Waals surface area contributed by atoms with Gasteiger partial charge in [0.25, 0.3) is 0 Å². The van der Waals surface area contributed by atoms with E-state index >= 15 is 0 Å². The first-order chi connectivity index (χ1) is 12.2. The maximum Gasteiger partial charge on any atom is 0.104 e. The molecule has 2 aromatic carbocycles. The first kappa shape index (κ1) is 16.0. The van der Waals surface area contributed by atoms with E-state index in [0.29, 0.717) is 0 Å². The number of hydrogen-bond acceptors (Lipinski definition) is 5. The maximum absolute atomic E-state index is 4.33. The second-order valence-corrected chi connectivity index (χ2v) is 6.70. The predicted molar refractivity (Wildman–Crippen MR) is 105 cm³/mol. The van der Waals surface area contributed by atoms with E-state index < -0.39 is 0 Å². The first-order valence-corrected chi connectivity index (χ1v) is 8.81. The smallest absolute Gasteiger partial charge is 0.104 e. The molecule has 0 bridgehead atoms. The lowest BCUT2D eigenvalue weighted by atomic mass is 10.1. The van der Waals surface area contributed by atoms with E-state index in [-0.39, 0.29) is 0 Å². The maximum atomic E-state index is 4.33. The molecule has 25 heavy (non-hydrogen) atoms. The summed E-state index contributed by atoms with van der Waals surface area (Å²) in [6.45, 7) is 9.56. The van der Waals surface area contributed by atoms with Crippen LogP contribution >= 0.6 is 0 Å². The van der Waals surface area contributed by atoms with Crippen LogP contribution in [0.15, 0.2) is 60.9 Å². The Balaban J connectivity index is 1.54. The third kappa shape index (κ3) is 3.21. The van der Waals surface area contributed by atoms with E-state index in [9.17, 15) is 0 Å². The number of fused-ring (bicyclic) bond motifs is 2. The van der Waals surface area contributed by atoms with Crippen LogP contribution in [0.4, 0.5) is 22.7 Å². The van der Waals surface area contributed by atoms with E-state index in [1.54, 1.807) is 0 Å². The van der Waals surface area contributed by atoms with Gasteiger partial charge in [0.05, 0.1) is 29.4 Å². The highest BCUT2D eigenvalue weighted by molar-refractivity contribution is 5.93. The summed E-state index contributed by atoms with van der Waals surface area (Å²) in [5, 5.41) is 7.04. The van der Waals surface area contributed by atoms with Crippen molar-refractivity contribution >= 4 is 22.7 Å². The third-order valence-corrected chi connectivity index (χ3v) is 4.93. The van der Waals surface area contributed by atoms with Gasteiger partial charge in [-0.05, 0) is 31.3 Å². The summed E-state index contributed by atoms with van der Waals surface area (Å²) >= 11 is 0. The fraction of sp³-hybridized carbons (Fsp3) is 0.300. The molecule has 0 radical (unpaired) electrons. The number of para-hydroxylation sites is 4. The first-order valence-electron chi connectivity index (χ1n) is 8.81. The zero-order chi connectivity index (χ0) is 17.2. The Labute approximate surface area is 149 Å². The van der Waals surface area contributed by atoms with Crippen molar-refractivity contribution in [2.24, 2.45) is 0 Å². The van der Waals surface area contributed by atoms with Gasteiger partial charge >= 0.3 is 0 Å². The molecule has 5 nitrogen and oxygen atoms in total. The highest BCUT2D eigenvalue weighted by Crippen LogP contribution is 2.44. The normalized spacial score (nSPS) is 17.4. The summed E-state index contributed by atoms with van der Waals surface area (Å²) in [4.78, 5) is 7.01. The van der Waals surface area contributed by atoms with Crippen molar-refractivity contribution in [3.63, 3.8) is 0 Å². The standard InChI is InChI=1S/C20H25N5/c1-16(21-15-24-13-11-23(2)12-14-24)25-19-9-5-3-7-17(19)22-18-8-4-6-10-20(18)25/h3-10,21-22H,1,11-15H2,2H3. The van der Waals surface area contributed by atoms with Gasteiger partial charge in [-0.25, -0.2) is 0 Å². The molecule has 2 heterocycles. The van der Waals surface area contributed by atoms with Crippen LogP contribution in [0.25, 0.3) is 0 Å². The average molecular weight is 335 g/mol. The summed E-state index contributed by atoms with van der Waals surface area (Å²) in [7, 11) is 2.18. The van der Waals surface area contributed by atoms with Gasteiger partial charge in [-0.2, -0.15) is 0 Å². The lowest BCUT2D eigenvalue weighted by Crippen LogP contribution is -2.48. The molecule has 2 aromatic rings. The van der Waals surface area contributed by atoms with Crippen LogP contribution in [0.2, 0.25) is 0 Å². The number of hydrogen-bond donors (Lipinski definition) is 2. The quantitative estimate of drug-likeness (QED) is 0.897. The van der Waals surface area contributed by atoms with E-state index in [2.05, 4.69) is 87.5 Å². The van der Waals surface area contributed by atoms with Gasteiger partial charge in [-0.1, -0.05) is 30.8 Å². The Morgan fingerprint density at radius 1 is 0.960 bits per heavy atom. The second-order valence-electron chi connectivity index (χ2n) is 6.70. The molecule has 1 saturated heterocycles. The number of nitrogens with one attached hydrogen (secondary N) is 2. The lowest BCUT2D eigenvalue weighted by Gasteiger charge is -2.37. The topological polar surface area (TPSA) is 33.8 Å². The lowest BCUT2D eigenvalue weighted by molar-refractivity contribution is 0.148. The molecule has 0 aliphatic carbocycles. The Kier molecular flexibility index (Phi) is 4.34. The summed E-state index contributed by atoms with van der Waals surface area (Å²) in [6.07, 6.45) is 0. The van der Waals surface area contributed by atoms with Gasteiger partial charge in [-0.15, -0.1) is 0 Å². The Bertz CT molecular complexity index is 719. The molecule has 0 unspecified atom stereocenters. The monoisotopic (exact) mass is 335 g/mol. The minimum absolute atomic E-state index is 0.820. The van der Waals surface area contributed by atoms with Crippen molar-refractivity contribution in [2.45, 2.75) is 0 Å². The molecule has 5 heteroatoms. The highest BCUT2D eigenvalue weighted by atomic mass is 15.3. The van der Waals surface area contributed by atoms with Crippen molar-refractivity contribution in [3.8, 4) is 0 Å². The Morgan fingerprint density at radius 3 is 2.12 bits per heavy atom. The van der Waals surface area contributed by atoms with Gasteiger partial charge in [0, 0.05) is 26.2 Å². The largest absolute Gasteiger partial charge is 0.359 e. The van der Waals surface area contributed by atoms with Crippen LogP contribution in [0.5, 0.6) is 0 Å². The number of benzene rings is 2. The third-order valence-electron chi connectivity index (χ3n) is 4.93. The highest BCUT2D eigenvalue weighted by Gasteiger charge is 2.24. The van der Waals surface area contributed by atoms with E-state index in [1.807, 2.05) is 0 Å². The van der Waals surface area contributed by atoms with E-state index in [4.69, 9.17) is 0 Å². The SMILES string of the molecule is C=C(NCN1CCN(C)CC1)N1c2ccccc2Nc2ccccc21. The molecule has 0 atom stereocenters. The zero-order valence-electron chi connectivity index (χ0n) is 14.7. The zero-order valence-corrected chi connectivity index (χ0v) is 14.7. The van der Waals surface area contributed by atoms with Gasteiger partial charge in [-0.3, -0.25) is 9.80 Å². The molecule has 1 fully saturated rings. The van der Waals surface area contributed by atoms with Gasteiger partial charge in [0.1, 0.15) is 5.82 Å². The summed E-state index contributed by atoms with van der Waals surface area (Å²) < 4.78 is 0. The van der Waals surface area contributed by atoms with Crippen molar-refractivity contribution in [3.05, 3.63) is 60.9 Å². The molecule has 2 aliphatic rings. The van der Waals surface area contributed by atoms with Crippen molar-refractivity contribution in [1.29, 1.82) is 0 Å². The predicted octanol–water partition coefficient (Wildman–Crippen LogP) is 3.15. The minimum atomic E-state index is 0.820. The van der Waals surface area contributed by atoms with Crippen molar-refractivity contribution in [2.75, 3.05) is 50.1 Å². The van der Waals surface area contributed by atoms with Crippen LogP contribution in [-0.2, 0) is 0 Å². The number of piperazine rings is 1. The van der Waals surface area contributed by atoms with Crippen molar-refractivity contribution < 1.29 is 0 Å². The van der Waals surface area contributed by atoms with Crippen molar-refractivity contribution in [1.82, 2.24) is 15.1 Å². The summed E-state index contributed by atoms with van der Waals surface area (Å²) in [5.41, 5.74) is 4.45. The molecule has 0 spiro atoms. The molecule has 2 N–H and O–H groups in total. The summed E-state index contributed by atoms with van der Waals surface area (Å²) in [5.74, 6) is 0.903. The molecule has 2 aliphatic heterocycles. The van der Waals surface area contributed by atoms with Crippen LogP contribution < -0.4 is 15.5 Å². The minimum Gasteiger partial charge on any atom is -0.359 e. The molecule has 0 aromatic heterocycles. The fourth-order valence-electron chi connectivity index (χ4n) is 3.40. The molecule has 0 saturated carbocycles. The van der Waals surface area contributed by atoms with Gasteiger partial charge in [0.2, 0.25) is 0 Å². The fourth-order valence-corrected chi connectivity index (χ4v) is 3.40. The number of likely N-dealkylation sites (N-methyl/N-ethyl adjacent to an activating group) is 1. The molecule has 4 rings (SSSR count). The molecule has 130 valence electrons.